The van der Waals surface area contributed by atoms with E-state index in [1.165, 1.54) is 12.1 Å². The molecule has 2 fully saturated rings. The van der Waals surface area contributed by atoms with Gasteiger partial charge >= 0.3 is 0 Å². The molecule has 1 unspecified atom stereocenters. The van der Waals surface area contributed by atoms with Crippen LogP contribution >= 0.6 is 0 Å². The Morgan fingerprint density at radius 1 is 0.971 bits per heavy atom. The number of piperazine rings is 1. The third-order valence-corrected chi connectivity index (χ3v) is 6.32. The van der Waals surface area contributed by atoms with Crippen LogP contribution in [0.5, 0.6) is 0 Å². The number of hydrogen-bond donors (Lipinski definition) is 1. The number of carbonyl (C=O) groups is 2. The summed E-state index contributed by atoms with van der Waals surface area (Å²) in [6, 6.07) is 15.3. The number of rotatable bonds is 5. The monoisotopic (exact) mass is 475 g/mol. The third-order valence-electron chi connectivity index (χ3n) is 6.32. The molecule has 9 nitrogen and oxygen atoms in total. The third kappa shape index (κ3) is 5.06. The van der Waals surface area contributed by atoms with Crippen LogP contribution in [0.1, 0.15) is 12.1 Å². The maximum absolute atomic E-state index is 13.2. The van der Waals surface area contributed by atoms with Gasteiger partial charge in [-0.15, -0.1) is 10.2 Å². The molecule has 2 saturated heterocycles. The minimum atomic E-state index is -0.389. The van der Waals surface area contributed by atoms with Crippen LogP contribution in [0.4, 0.5) is 27.5 Å². The largest absolute Gasteiger partial charge is 0.352 e. The van der Waals surface area contributed by atoms with Crippen molar-refractivity contribution >= 4 is 35.0 Å². The van der Waals surface area contributed by atoms with Gasteiger partial charge in [-0.2, -0.15) is 0 Å². The molecule has 0 saturated carbocycles. The average molecular weight is 476 g/mol. The average Bonchev–Trinajstić information content (AvgIpc) is 3.26. The molecule has 3 aromatic rings. The Hall–Kier alpha value is -4.08. The zero-order chi connectivity index (χ0) is 24.4. The molecule has 2 aromatic heterocycles. The fourth-order valence-corrected chi connectivity index (χ4v) is 4.46. The lowest BCUT2D eigenvalue weighted by atomic mass is 10.1. The fourth-order valence-electron chi connectivity index (χ4n) is 4.46. The second kappa shape index (κ2) is 9.65. The first-order valence-electron chi connectivity index (χ1n) is 11.6. The van der Waals surface area contributed by atoms with E-state index in [-0.39, 0.29) is 30.0 Å². The van der Waals surface area contributed by atoms with Crippen LogP contribution in [0.3, 0.4) is 0 Å². The van der Waals surface area contributed by atoms with Crippen LogP contribution in [-0.2, 0) is 9.59 Å². The Bertz CT molecular complexity index is 1210. The number of nitrogens with zero attached hydrogens (tertiary/aromatic N) is 6. The number of aryl methyl sites for hydroxylation is 1. The molecule has 10 heteroatoms. The summed E-state index contributed by atoms with van der Waals surface area (Å²) in [4.78, 5) is 35.4. The van der Waals surface area contributed by atoms with E-state index in [2.05, 4.69) is 25.4 Å². The highest BCUT2D eigenvalue weighted by Gasteiger charge is 2.38. The second-order valence-electron chi connectivity index (χ2n) is 8.76. The van der Waals surface area contributed by atoms with E-state index in [1.807, 2.05) is 42.2 Å². The summed E-state index contributed by atoms with van der Waals surface area (Å²) in [6.07, 6.45) is 0.173. The Kier molecular flexibility index (Phi) is 6.26. The summed E-state index contributed by atoms with van der Waals surface area (Å²) in [5.74, 6) is 1.19. The molecule has 5 rings (SSSR count). The summed E-state index contributed by atoms with van der Waals surface area (Å²) in [6.45, 7) is 4.61. The first kappa shape index (κ1) is 22.7. The lowest BCUT2D eigenvalue weighted by Crippen LogP contribution is -2.51. The predicted octanol–water partition coefficient (Wildman–Crippen LogP) is 2.76. The van der Waals surface area contributed by atoms with Gasteiger partial charge in [0.1, 0.15) is 11.6 Å². The van der Waals surface area contributed by atoms with Crippen LogP contribution in [0.15, 0.2) is 54.6 Å². The smallest absolute Gasteiger partial charge is 0.228 e. The second-order valence-corrected chi connectivity index (χ2v) is 8.76. The number of pyridine rings is 1. The van der Waals surface area contributed by atoms with E-state index in [0.717, 1.165) is 11.5 Å². The van der Waals surface area contributed by atoms with Crippen molar-refractivity contribution in [2.75, 3.05) is 47.8 Å². The summed E-state index contributed by atoms with van der Waals surface area (Å²) in [5, 5.41) is 11.7. The lowest BCUT2D eigenvalue weighted by Gasteiger charge is -2.36. The van der Waals surface area contributed by atoms with Gasteiger partial charge in [0.25, 0.3) is 0 Å². The molecule has 0 bridgehead atoms. The van der Waals surface area contributed by atoms with Crippen molar-refractivity contribution in [3.05, 3.63) is 66.1 Å². The number of hydrogen-bond acceptors (Lipinski definition) is 7. The normalized spacial score (nSPS) is 18.2. The summed E-state index contributed by atoms with van der Waals surface area (Å²) in [7, 11) is 0. The molecular weight excluding hydrogens is 449 g/mol. The highest BCUT2D eigenvalue weighted by Crippen LogP contribution is 2.27. The van der Waals surface area contributed by atoms with Crippen LogP contribution in [0, 0.1) is 18.7 Å². The van der Waals surface area contributed by atoms with Gasteiger partial charge in [-0.25, -0.2) is 9.37 Å². The maximum Gasteiger partial charge on any atom is 0.228 e. The van der Waals surface area contributed by atoms with Gasteiger partial charge in [0.05, 0.1) is 5.92 Å². The predicted molar refractivity (Wildman–Crippen MR) is 130 cm³/mol. The molecule has 180 valence electrons. The molecule has 1 N–H and O–H groups in total. The van der Waals surface area contributed by atoms with Crippen molar-refractivity contribution in [2.24, 2.45) is 5.92 Å². The number of anilines is 4. The zero-order valence-corrected chi connectivity index (χ0v) is 19.4. The highest BCUT2D eigenvalue weighted by molar-refractivity contribution is 6.00. The topological polar surface area (TPSA) is 94.6 Å². The molecule has 35 heavy (non-hydrogen) atoms. The standard InChI is InChI=1S/C25H26FN7O2/c1-17-3-2-4-21(27-17)28-22-9-10-23(30-29-22)31-11-13-32(14-12-31)25(35)18-15-24(34)33(16-18)20-7-5-19(26)6-8-20/h2-10,18H,11-16H2,1H3,(H,27,28,29). The highest BCUT2D eigenvalue weighted by atomic mass is 19.1. The lowest BCUT2D eigenvalue weighted by molar-refractivity contribution is -0.136. The van der Waals surface area contributed by atoms with Crippen LogP contribution in [0.25, 0.3) is 0 Å². The molecule has 4 heterocycles. The first-order valence-corrected chi connectivity index (χ1v) is 11.6. The molecule has 2 aliphatic rings. The Labute approximate surface area is 202 Å². The number of carbonyl (C=O) groups excluding carboxylic acids is 2. The van der Waals surface area contributed by atoms with Crippen molar-refractivity contribution < 1.29 is 14.0 Å². The Morgan fingerprint density at radius 2 is 1.74 bits per heavy atom. The van der Waals surface area contributed by atoms with Crippen molar-refractivity contribution in [1.29, 1.82) is 0 Å². The number of halogens is 1. The van der Waals surface area contributed by atoms with Gasteiger partial charge < -0.3 is 20.0 Å². The van der Waals surface area contributed by atoms with E-state index >= 15 is 0 Å². The number of nitrogens with one attached hydrogen (secondary N) is 1. The van der Waals surface area contributed by atoms with E-state index in [9.17, 15) is 14.0 Å². The van der Waals surface area contributed by atoms with E-state index < -0.39 is 0 Å². The van der Waals surface area contributed by atoms with E-state index in [1.54, 1.807) is 17.0 Å². The fraction of sp³-hybridized carbons (Fsp3) is 0.320. The SMILES string of the molecule is Cc1cccc(Nc2ccc(N3CCN(C(=O)C4CC(=O)N(c5ccc(F)cc5)C4)CC3)nn2)n1. The van der Waals surface area contributed by atoms with Crippen molar-refractivity contribution in [3.63, 3.8) is 0 Å². The molecule has 0 spiro atoms. The number of benzene rings is 1. The van der Waals surface area contributed by atoms with Crippen LogP contribution in [0.2, 0.25) is 0 Å². The zero-order valence-electron chi connectivity index (χ0n) is 19.4. The van der Waals surface area contributed by atoms with Gasteiger partial charge in [-0.05, 0) is 55.5 Å². The quantitative estimate of drug-likeness (QED) is 0.606. The van der Waals surface area contributed by atoms with E-state index in [0.29, 0.717) is 50.0 Å². The van der Waals surface area contributed by atoms with Crippen molar-refractivity contribution in [2.45, 2.75) is 13.3 Å². The van der Waals surface area contributed by atoms with Crippen LogP contribution < -0.4 is 15.1 Å². The Balaban J connectivity index is 1.15. The molecule has 1 atom stereocenters. The Morgan fingerprint density at radius 3 is 2.43 bits per heavy atom. The summed E-state index contributed by atoms with van der Waals surface area (Å²) in [5.41, 5.74) is 1.53. The van der Waals surface area contributed by atoms with Crippen molar-refractivity contribution in [3.8, 4) is 0 Å². The van der Waals surface area contributed by atoms with Crippen LogP contribution in [-0.4, -0.2) is 64.6 Å². The van der Waals surface area contributed by atoms with Gasteiger partial charge in [0, 0.05) is 50.5 Å². The molecule has 0 aliphatic carbocycles. The summed E-state index contributed by atoms with van der Waals surface area (Å²) >= 11 is 0. The van der Waals surface area contributed by atoms with Gasteiger partial charge in [0.15, 0.2) is 11.6 Å². The minimum absolute atomic E-state index is 0.0149. The first-order chi connectivity index (χ1) is 17.0. The molecular formula is C25H26FN7O2. The number of amides is 2. The summed E-state index contributed by atoms with van der Waals surface area (Å²) < 4.78 is 13.2. The molecule has 0 radical (unpaired) electrons. The van der Waals surface area contributed by atoms with Gasteiger partial charge in [-0.3, -0.25) is 9.59 Å². The maximum atomic E-state index is 13.2. The molecule has 2 amide bonds. The number of aromatic nitrogens is 3. The van der Waals surface area contributed by atoms with Gasteiger partial charge in [0.2, 0.25) is 11.8 Å². The minimum Gasteiger partial charge on any atom is -0.352 e. The van der Waals surface area contributed by atoms with Crippen molar-refractivity contribution in [1.82, 2.24) is 20.1 Å². The van der Waals surface area contributed by atoms with E-state index in [4.69, 9.17) is 0 Å². The molecule has 2 aliphatic heterocycles. The van der Waals surface area contributed by atoms with Gasteiger partial charge in [-0.1, -0.05) is 6.07 Å². The molecule has 1 aromatic carbocycles.